The second-order valence-corrected chi connectivity index (χ2v) is 7.82. The molecule has 1 saturated heterocycles. The lowest BCUT2D eigenvalue weighted by atomic mass is 10.0. The lowest BCUT2D eigenvalue weighted by Crippen LogP contribution is -2.56. The van der Waals surface area contributed by atoms with Gasteiger partial charge in [-0.2, -0.15) is 5.26 Å². The molecule has 2 aromatic rings. The molecule has 2 amide bonds. The highest BCUT2D eigenvalue weighted by Gasteiger charge is 2.33. The molecule has 2 heterocycles. The summed E-state index contributed by atoms with van der Waals surface area (Å²) >= 11 is 1.28. The summed E-state index contributed by atoms with van der Waals surface area (Å²) < 4.78 is 0. The number of thiophene rings is 1. The van der Waals surface area contributed by atoms with Crippen LogP contribution < -0.4 is 0 Å². The Labute approximate surface area is 163 Å². The van der Waals surface area contributed by atoms with E-state index in [4.69, 9.17) is 0 Å². The predicted octanol–water partition coefficient (Wildman–Crippen LogP) is 3.61. The van der Waals surface area contributed by atoms with Crippen LogP contribution in [0.2, 0.25) is 0 Å². The summed E-state index contributed by atoms with van der Waals surface area (Å²) in [7, 11) is 0. The van der Waals surface area contributed by atoms with E-state index in [2.05, 4.69) is 6.07 Å². The summed E-state index contributed by atoms with van der Waals surface area (Å²) in [4.78, 5) is 30.0. The maximum absolute atomic E-state index is 13.0. The monoisotopic (exact) mass is 381 g/mol. The van der Waals surface area contributed by atoms with Crippen molar-refractivity contribution in [3.63, 3.8) is 0 Å². The Kier molecular flexibility index (Phi) is 5.62. The van der Waals surface area contributed by atoms with Crippen LogP contribution >= 0.6 is 11.3 Å². The van der Waals surface area contributed by atoms with Crippen LogP contribution in [0.4, 0.5) is 0 Å². The average molecular weight is 382 g/mol. The van der Waals surface area contributed by atoms with Gasteiger partial charge < -0.3 is 9.80 Å². The van der Waals surface area contributed by atoms with Gasteiger partial charge in [-0.3, -0.25) is 9.59 Å². The number of nitriles is 1. The summed E-state index contributed by atoms with van der Waals surface area (Å²) in [5, 5.41) is 11.0. The number of hydrogen-bond acceptors (Lipinski definition) is 4. The minimum Gasteiger partial charge on any atom is -0.335 e. The van der Waals surface area contributed by atoms with Crippen LogP contribution in [-0.4, -0.2) is 47.3 Å². The topological polar surface area (TPSA) is 64.4 Å². The molecule has 1 aromatic carbocycles. The minimum absolute atomic E-state index is 0.0197. The quantitative estimate of drug-likeness (QED) is 0.816. The SMILES string of the molecule is CCC1CN(C(=O)c2ccc(C)cc2C)CCN1C(=O)c1ccsc1C#N. The van der Waals surface area contributed by atoms with E-state index in [0.29, 0.717) is 30.1 Å². The van der Waals surface area contributed by atoms with Gasteiger partial charge in [-0.25, -0.2) is 0 Å². The number of benzene rings is 1. The maximum atomic E-state index is 13.0. The van der Waals surface area contributed by atoms with Crippen molar-refractivity contribution in [1.82, 2.24) is 9.80 Å². The highest BCUT2D eigenvalue weighted by molar-refractivity contribution is 7.10. The molecule has 140 valence electrons. The van der Waals surface area contributed by atoms with Crippen molar-refractivity contribution in [1.29, 1.82) is 5.26 Å². The van der Waals surface area contributed by atoms with Gasteiger partial charge in [0.25, 0.3) is 11.8 Å². The third-order valence-corrected chi connectivity index (χ3v) is 5.93. The number of hydrogen-bond donors (Lipinski definition) is 0. The molecule has 1 fully saturated rings. The molecule has 1 aliphatic rings. The number of piperazine rings is 1. The number of nitrogens with zero attached hydrogens (tertiary/aromatic N) is 3. The van der Waals surface area contributed by atoms with Gasteiger partial charge in [0.05, 0.1) is 5.56 Å². The molecule has 0 spiro atoms. The number of aryl methyl sites for hydroxylation is 2. The lowest BCUT2D eigenvalue weighted by Gasteiger charge is -2.41. The fraction of sp³-hybridized carbons (Fsp3) is 0.381. The average Bonchev–Trinajstić information content (AvgIpc) is 3.15. The van der Waals surface area contributed by atoms with Crippen molar-refractivity contribution in [3.8, 4) is 6.07 Å². The van der Waals surface area contributed by atoms with Crippen molar-refractivity contribution >= 4 is 23.2 Å². The number of carbonyl (C=O) groups is 2. The second-order valence-electron chi connectivity index (χ2n) is 6.91. The summed E-state index contributed by atoms with van der Waals surface area (Å²) in [6.45, 7) is 7.49. The summed E-state index contributed by atoms with van der Waals surface area (Å²) in [5.74, 6) is -0.0930. The molecular formula is C21H23N3O2S. The maximum Gasteiger partial charge on any atom is 0.256 e. The van der Waals surface area contributed by atoms with Gasteiger partial charge in [0, 0.05) is 31.2 Å². The van der Waals surface area contributed by atoms with Gasteiger partial charge in [-0.15, -0.1) is 11.3 Å². The predicted molar refractivity (Wildman–Crippen MR) is 106 cm³/mol. The first kappa shape index (κ1) is 19.1. The molecule has 3 rings (SSSR count). The van der Waals surface area contributed by atoms with Crippen molar-refractivity contribution < 1.29 is 9.59 Å². The zero-order valence-electron chi connectivity index (χ0n) is 15.9. The molecule has 0 bridgehead atoms. The van der Waals surface area contributed by atoms with Crippen molar-refractivity contribution in [2.45, 2.75) is 33.2 Å². The van der Waals surface area contributed by atoms with Crippen molar-refractivity contribution in [3.05, 3.63) is 56.8 Å². The summed E-state index contributed by atoms with van der Waals surface area (Å²) in [6.07, 6.45) is 0.758. The van der Waals surface area contributed by atoms with Gasteiger partial charge in [0.15, 0.2) is 0 Å². The van der Waals surface area contributed by atoms with Gasteiger partial charge in [-0.05, 0) is 43.3 Å². The first-order valence-electron chi connectivity index (χ1n) is 9.11. The molecule has 6 heteroatoms. The standard InChI is InChI=1S/C21H23N3O2S/c1-4-16-13-23(20(25)17-6-5-14(2)11-15(17)3)8-9-24(16)21(26)18-7-10-27-19(18)12-22/h5-7,10-11,16H,4,8-9,13H2,1-3H3. The van der Waals surface area contributed by atoms with E-state index in [1.807, 2.05) is 48.8 Å². The van der Waals surface area contributed by atoms with Crippen LogP contribution in [0.25, 0.3) is 0 Å². The Balaban J connectivity index is 1.77. The molecule has 1 aromatic heterocycles. The van der Waals surface area contributed by atoms with E-state index in [1.54, 1.807) is 11.4 Å². The van der Waals surface area contributed by atoms with E-state index in [9.17, 15) is 14.9 Å². The van der Waals surface area contributed by atoms with Crippen LogP contribution in [0.15, 0.2) is 29.6 Å². The first-order chi connectivity index (χ1) is 13.0. The van der Waals surface area contributed by atoms with Crippen LogP contribution in [0.3, 0.4) is 0 Å². The molecule has 0 radical (unpaired) electrons. The Morgan fingerprint density at radius 2 is 1.96 bits per heavy atom. The molecule has 5 nitrogen and oxygen atoms in total. The third kappa shape index (κ3) is 3.74. The van der Waals surface area contributed by atoms with Crippen LogP contribution in [0.5, 0.6) is 0 Å². The highest BCUT2D eigenvalue weighted by atomic mass is 32.1. The van der Waals surface area contributed by atoms with Crippen LogP contribution in [0, 0.1) is 25.2 Å². The fourth-order valence-corrected chi connectivity index (χ4v) is 4.27. The fourth-order valence-electron chi connectivity index (χ4n) is 3.60. The number of rotatable bonds is 3. The molecule has 0 aliphatic carbocycles. The molecule has 1 unspecified atom stereocenters. The number of amides is 2. The summed E-state index contributed by atoms with van der Waals surface area (Å²) in [5.41, 5.74) is 3.30. The van der Waals surface area contributed by atoms with E-state index in [-0.39, 0.29) is 17.9 Å². The largest absolute Gasteiger partial charge is 0.335 e. The number of carbonyl (C=O) groups excluding carboxylic acids is 2. The second kappa shape index (κ2) is 7.93. The van der Waals surface area contributed by atoms with Gasteiger partial charge in [-0.1, -0.05) is 24.6 Å². The Morgan fingerprint density at radius 3 is 2.63 bits per heavy atom. The van der Waals surface area contributed by atoms with Crippen LogP contribution in [-0.2, 0) is 0 Å². The zero-order valence-corrected chi connectivity index (χ0v) is 16.7. The molecule has 0 saturated carbocycles. The Morgan fingerprint density at radius 1 is 1.19 bits per heavy atom. The normalized spacial score (nSPS) is 16.9. The molecule has 1 aliphatic heterocycles. The van der Waals surface area contributed by atoms with E-state index in [0.717, 1.165) is 23.1 Å². The minimum atomic E-state index is -0.113. The van der Waals surface area contributed by atoms with E-state index < -0.39 is 0 Å². The van der Waals surface area contributed by atoms with Crippen molar-refractivity contribution in [2.24, 2.45) is 0 Å². The first-order valence-corrected chi connectivity index (χ1v) is 9.99. The van der Waals surface area contributed by atoms with E-state index in [1.165, 1.54) is 11.3 Å². The molecule has 27 heavy (non-hydrogen) atoms. The lowest BCUT2D eigenvalue weighted by molar-refractivity contribution is 0.0379. The molecular weight excluding hydrogens is 358 g/mol. The smallest absolute Gasteiger partial charge is 0.256 e. The zero-order chi connectivity index (χ0) is 19.6. The Hall–Kier alpha value is -2.65. The van der Waals surface area contributed by atoms with Gasteiger partial charge in [0.2, 0.25) is 0 Å². The van der Waals surface area contributed by atoms with Crippen molar-refractivity contribution in [2.75, 3.05) is 19.6 Å². The Bertz CT molecular complexity index is 912. The molecule has 1 atom stereocenters. The highest BCUT2D eigenvalue weighted by Crippen LogP contribution is 2.23. The van der Waals surface area contributed by atoms with Gasteiger partial charge >= 0.3 is 0 Å². The third-order valence-electron chi connectivity index (χ3n) is 5.11. The van der Waals surface area contributed by atoms with Crippen LogP contribution in [0.1, 0.15) is 50.1 Å². The van der Waals surface area contributed by atoms with Gasteiger partial charge in [0.1, 0.15) is 10.9 Å². The molecule has 0 N–H and O–H groups in total. The van der Waals surface area contributed by atoms with E-state index >= 15 is 0 Å². The summed E-state index contributed by atoms with van der Waals surface area (Å²) in [6, 6.07) is 9.62.